The average Bonchev–Trinajstić information content (AvgIpc) is 3.49. The van der Waals surface area contributed by atoms with Crippen molar-refractivity contribution in [1.29, 1.82) is 0 Å². The first-order chi connectivity index (χ1) is 18.0. The SMILES string of the molecule is Cn1cc(-c2cc3nc(C(C)(C)C)n(-c4cc(OCC5COC5)c5c(c4)n(C)c(=O)n5C)c3cc2F)cn1. The van der Waals surface area contributed by atoms with Crippen LogP contribution in [0.15, 0.2) is 41.5 Å². The Morgan fingerprint density at radius 3 is 2.47 bits per heavy atom. The van der Waals surface area contributed by atoms with E-state index in [0.29, 0.717) is 59.2 Å². The molecule has 3 aromatic heterocycles. The second-order valence-corrected chi connectivity index (χ2v) is 11.2. The van der Waals surface area contributed by atoms with Gasteiger partial charge in [0.1, 0.15) is 22.9 Å². The fourth-order valence-corrected chi connectivity index (χ4v) is 5.07. The monoisotopic (exact) mass is 518 g/mol. The highest BCUT2D eigenvalue weighted by Gasteiger charge is 2.27. The molecule has 38 heavy (non-hydrogen) atoms. The van der Waals surface area contributed by atoms with Crippen LogP contribution in [0.5, 0.6) is 5.75 Å². The van der Waals surface area contributed by atoms with Crippen molar-refractivity contribution in [1.82, 2.24) is 28.5 Å². The van der Waals surface area contributed by atoms with Crippen molar-refractivity contribution in [3.8, 4) is 22.6 Å². The molecule has 198 valence electrons. The molecule has 0 radical (unpaired) electrons. The molecule has 0 bridgehead atoms. The van der Waals surface area contributed by atoms with Crippen molar-refractivity contribution in [2.75, 3.05) is 19.8 Å². The van der Waals surface area contributed by atoms with Gasteiger partial charge in [0.25, 0.3) is 0 Å². The normalized spacial score (nSPS) is 14.5. The van der Waals surface area contributed by atoms with E-state index in [1.165, 1.54) is 6.07 Å². The zero-order valence-corrected chi connectivity index (χ0v) is 22.4. The standard InChI is InChI=1S/C28H31FN6O3/c1-28(2,3)26-31-21-9-19(17-11-30-32(4)12-17)20(29)10-22(21)35(26)18-7-23-25(34(6)27(36)33(23)5)24(8-18)38-15-16-13-37-14-16/h7-12,16H,13-15H2,1-6H3. The van der Waals surface area contributed by atoms with Gasteiger partial charge in [-0.25, -0.2) is 14.2 Å². The summed E-state index contributed by atoms with van der Waals surface area (Å²) in [5.74, 6) is 1.32. The third-order valence-corrected chi connectivity index (χ3v) is 7.18. The first kappa shape index (κ1) is 24.4. The molecule has 10 heteroatoms. The molecule has 0 aliphatic carbocycles. The lowest BCUT2D eigenvalue weighted by Gasteiger charge is -2.26. The van der Waals surface area contributed by atoms with Gasteiger partial charge in [0.15, 0.2) is 0 Å². The number of ether oxygens (including phenoxy) is 2. The van der Waals surface area contributed by atoms with Gasteiger partial charge in [-0.1, -0.05) is 20.8 Å². The Hall–Kier alpha value is -3.92. The summed E-state index contributed by atoms with van der Waals surface area (Å²) < 4.78 is 34.0. The average molecular weight is 519 g/mol. The maximum Gasteiger partial charge on any atom is 0.328 e. The third kappa shape index (κ3) is 3.82. The lowest BCUT2D eigenvalue weighted by molar-refractivity contribution is -0.0506. The minimum absolute atomic E-state index is 0.146. The van der Waals surface area contributed by atoms with E-state index in [1.54, 1.807) is 53.4 Å². The lowest BCUT2D eigenvalue weighted by Crippen LogP contribution is -2.32. The molecule has 0 amide bonds. The summed E-state index contributed by atoms with van der Waals surface area (Å²) >= 11 is 0. The van der Waals surface area contributed by atoms with Crippen LogP contribution < -0.4 is 10.4 Å². The molecule has 1 aliphatic rings. The minimum Gasteiger partial charge on any atom is -0.491 e. The number of hydrogen-bond acceptors (Lipinski definition) is 5. The molecule has 9 nitrogen and oxygen atoms in total. The van der Waals surface area contributed by atoms with E-state index in [9.17, 15) is 4.79 Å². The first-order valence-electron chi connectivity index (χ1n) is 12.6. The smallest absolute Gasteiger partial charge is 0.328 e. The van der Waals surface area contributed by atoms with Crippen LogP contribution in [-0.4, -0.2) is 48.3 Å². The third-order valence-electron chi connectivity index (χ3n) is 7.18. The molecule has 5 aromatic rings. The highest BCUT2D eigenvalue weighted by Crippen LogP contribution is 2.36. The Morgan fingerprint density at radius 2 is 1.84 bits per heavy atom. The second kappa shape index (κ2) is 8.56. The topological polar surface area (TPSA) is 81.0 Å². The number of imidazole rings is 2. The second-order valence-electron chi connectivity index (χ2n) is 11.2. The molecule has 2 aromatic carbocycles. The summed E-state index contributed by atoms with van der Waals surface area (Å²) in [4.78, 5) is 17.9. The molecule has 0 unspecified atom stereocenters. The maximum absolute atomic E-state index is 15.6. The lowest BCUT2D eigenvalue weighted by atomic mass is 9.95. The molecule has 4 heterocycles. The number of nitrogens with zero attached hydrogens (tertiary/aromatic N) is 6. The van der Waals surface area contributed by atoms with Gasteiger partial charge in [0.2, 0.25) is 0 Å². The Morgan fingerprint density at radius 1 is 1.08 bits per heavy atom. The number of rotatable bonds is 5. The summed E-state index contributed by atoms with van der Waals surface area (Å²) in [6.45, 7) is 8.04. The van der Waals surface area contributed by atoms with Crippen LogP contribution in [0.4, 0.5) is 4.39 Å². The van der Waals surface area contributed by atoms with E-state index in [0.717, 1.165) is 17.0 Å². The fraction of sp³-hybridized carbons (Fsp3) is 0.393. The van der Waals surface area contributed by atoms with Crippen LogP contribution >= 0.6 is 0 Å². The van der Waals surface area contributed by atoms with E-state index >= 15 is 4.39 Å². The highest BCUT2D eigenvalue weighted by molar-refractivity contribution is 5.88. The van der Waals surface area contributed by atoms with Crippen LogP contribution in [0.2, 0.25) is 0 Å². The molecule has 0 spiro atoms. The highest BCUT2D eigenvalue weighted by atomic mass is 19.1. The van der Waals surface area contributed by atoms with E-state index in [2.05, 4.69) is 25.9 Å². The summed E-state index contributed by atoms with van der Waals surface area (Å²) in [7, 11) is 5.29. The summed E-state index contributed by atoms with van der Waals surface area (Å²) in [6, 6.07) is 7.17. The Kier molecular flexibility index (Phi) is 5.50. The zero-order valence-electron chi connectivity index (χ0n) is 22.4. The molecule has 1 saturated heterocycles. The number of aryl methyl sites for hydroxylation is 3. The van der Waals surface area contributed by atoms with Crippen molar-refractivity contribution >= 4 is 22.1 Å². The first-order valence-corrected chi connectivity index (χ1v) is 12.6. The Balaban J connectivity index is 1.60. The van der Waals surface area contributed by atoms with Crippen molar-refractivity contribution in [2.45, 2.75) is 26.2 Å². The predicted molar refractivity (Wildman–Crippen MR) is 143 cm³/mol. The quantitative estimate of drug-likeness (QED) is 0.350. The van der Waals surface area contributed by atoms with Gasteiger partial charge >= 0.3 is 5.69 Å². The number of aromatic nitrogens is 6. The number of benzene rings is 2. The predicted octanol–water partition coefficient (Wildman–Crippen LogP) is 4.08. The molecular formula is C28H31FN6O3. The number of hydrogen-bond donors (Lipinski definition) is 0. The van der Waals surface area contributed by atoms with Crippen molar-refractivity contribution < 1.29 is 13.9 Å². The van der Waals surface area contributed by atoms with E-state index in [-0.39, 0.29) is 16.9 Å². The van der Waals surface area contributed by atoms with Gasteiger partial charge < -0.3 is 9.47 Å². The van der Waals surface area contributed by atoms with Crippen molar-refractivity contribution in [2.24, 2.45) is 27.1 Å². The molecule has 6 rings (SSSR count). The van der Waals surface area contributed by atoms with Crippen molar-refractivity contribution in [3.63, 3.8) is 0 Å². The molecule has 0 atom stereocenters. The van der Waals surface area contributed by atoms with Gasteiger partial charge in [0, 0.05) is 61.9 Å². The molecule has 0 N–H and O–H groups in total. The van der Waals surface area contributed by atoms with Gasteiger partial charge in [-0.3, -0.25) is 18.4 Å². The van der Waals surface area contributed by atoms with E-state index < -0.39 is 0 Å². The summed E-state index contributed by atoms with van der Waals surface area (Å²) in [5, 5.41) is 4.19. The Bertz CT molecular complexity index is 1760. The van der Waals surface area contributed by atoms with Crippen molar-refractivity contribution in [3.05, 3.63) is 58.8 Å². The maximum atomic E-state index is 15.6. The summed E-state index contributed by atoms with van der Waals surface area (Å²) in [5.41, 5.74) is 4.14. The van der Waals surface area contributed by atoms with Gasteiger partial charge in [-0.2, -0.15) is 5.10 Å². The van der Waals surface area contributed by atoms with Crippen LogP contribution in [0.25, 0.3) is 38.9 Å². The molecule has 0 saturated carbocycles. The van der Waals surface area contributed by atoms with Crippen LogP contribution in [0.3, 0.4) is 0 Å². The van der Waals surface area contributed by atoms with E-state index in [4.69, 9.17) is 14.5 Å². The number of halogens is 1. The minimum atomic E-state index is -0.359. The van der Waals surface area contributed by atoms with Gasteiger partial charge in [0.05, 0.1) is 48.3 Å². The van der Waals surface area contributed by atoms with Crippen LogP contribution in [0.1, 0.15) is 26.6 Å². The van der Waals surface area contributed by atoms with Gasteiger partial charge in [-0.05, 0) is 12.1 Å². The molecule has 1 aliphatic heterocycles. The zero-order chi connectivity index (χ0) is 26.9. The number of fused-ring (bicyclic) bond motifs is 2. The fourth-order valence-electron chi connectivity index (χ4n) is 5.07. The van der Waals surface area contributed by atoms with Crippen LogP contribution in [-0.2, 0) is 31.3 Å². The van der Waals surface area contributed by atoms with Gasteiger partial charge in [-0.15, -0.1) is 0 Å². The van der Waals surface area contributed by atoms with Crippen LogP contribution in [0, 0.1) is 11.7 Å². The molecular weight excluding hydrogens is 487 g/mol. The summed E-state index contributed by atoms with van der Waals surface area (Å²) in [6.07, 6.45) is 3.43. The largest absolute Gasteiger partial charge is 0.491 e. The van der Waals surface area contributed by atoms with E-state index in [1.807, 2.05) is 16.7 Å². The molecule has 1 fully saturated rings. The Labute approximate surface area is 219 Å².